The van der Waals surface area contributed by atoms with Crippen LogP contribution in [0.25, 0.3) is 0 Å². The first kappa shape index (κ1) is 12.1. The molecule has 0 aliphatic carbocycles. The van der Waals surface area contributed by atoms with Crippen molar-refractivity contribution in [2.45, 2.75) is 38.2 Å². The molecule has 100 valence electrons. The van der Waals surface area contributed by atoms with Crippen LogP contribution in [0.3, 0.4) is 0 Å². The van der Waals surface area contributed by atoms with Gasteiger partial charge in [0.15, 0.2) is 0 Å². The molecule has 1 spiro atoms. The van der Waals surface area contributed by atoms with E-state index in [1.54, 1.807) is 0 Å². The fourth-order valence-corrected chi connectivity index (χ4v) is 3.20. The number of rotatable bonds is 1. The van der Waals surface area contributed by atoms with Gasteiger partial charge in [-0.15, -0.1) is 5.10 Å². The molecule has 0 saturated carbocycles. The van der Waals surface area contributed by atoms with Gasteiger partial charge in [0.2, 0.25) is 11.8 Å². The van der Waals surface area contributed by atoms with Gasteiger partial charge < -0.3 is 15.2 Å². The Labute approximate surface area is 111 Å². The van der Waals surface area contributed by atoms with E-state index in [-0.39, 0.29) is 12.0 Å². The van der Waals surface area contributed by atoms with Gasteiger partial charge in [-0.1, -0.05) is 6.92 Å². The molecular weight excluding hydrogens is 244 g/mol. The van der Waals surface area contributed by atoms with Crippen LogP contribution in [0.1, 0.15) is 31.5 Å². The van der Waals surface area contributed by atoms with Gasteiger partial charge in [-0.3, -0.25) is 5.10 Å². The molecule has 1 fully saturated rings. The number of hydrogen-bond donors (Lipinski definition) is 2. The Kier molecular flexibility index (Phi) is 2.54. The number of aromatic nitrogens is 2. The third kappa shape index (κ3) is 1.36. The molecular formula is C13H16N4O2. The van der Waals surface area contributed by atoms with E-state index in [9.17, 15) is 5.26 Å². The fourth-order valence-electron chi connectivity index (χ4n) is 3.20. The zero-order valence-electron chi connectivity index (χ0n) is 11.0. The molecule has 3 N–H and O–H groups in total. The molecule has 1 saturated heterocycles. The van der Waals surface area contributed by atoms with Crippen LogP contribution in [0.5, 0.6) is 5.88 Å². The lowest BCUT2D eigenvalue weighted by Gasteiger charge is -2.35. The van der Waals surface area contributed by atoms with E-state index in [1.807, 2.05) is 13.8 Å². The Balaban J connectivity index is 2.30. The quantitative estimate of drug-likeness (QED) is 0.788. The second kappa shape index (κ2) is 4.00. The topological polar surface area (TPSA) is 97.0 Å². The Morgan fingerprint density at radius 3 is 3.00 bits per heavy atom. The van der Waals surface area contributed by atoms with Crippen molar-refractivity contribution in [3.8, 4) is 11.9 Å². The molecule has 0 aromatic carbocycles. The lowest BCUT2D eigenvalue weighted by molar-refractivity contribution is 0.0996. The zero-order chi connectivity index (χ0) is 13.6. The van der Waals surface area contributed by atoms with E-state index in [4.69, 9.17) is 15.2 Å². The minimum atomic E-state index is -0.523. The summed E-state index contributed by atoms with van der Waals surface area (Å²) < 4.78 is 11.2. The summed E-state index contributed by atoms with van der Waals surface area (Å²) >= 11 is 0. The molecule has 19 heavy (non-hydrogen) atoms. The summed E-state index contributed by atoms with van der Waals surface area (Å²) in [5, 5.41) is 16.6. The van der Waals surface area contributed by atoms with Crippen molar-refractivity contribution in [1.29, 1.82) is 5.26 Å². The maximum absolute atomic E-state index is 9.48. The largest absolute Gasteiger partial charge is 0.420 e. The fraction of sp³-hybridized carbons (Fsp3) is 0.538. The summed E-state index contributed by atoms with van der Waals surface area (Å²) in [5.41, 5.74) is 7.75. The maximum Gasteiger partial charge on any atom is 0.244 e. The van der Waals surface area contributed by atoms with Crippen LogP contribution in [0.15, 0.2) is 11.5 Å². The Morgan fingerprint density at radius 1 is 1.63 bits per heavy atom. The normalized spacial score (nSPS) is 29.2. The van der Waals surface area contributed by atoms with Crippen molar-refractivity contribution in [1.82, 2.24) is 10.2 Å². The number of nitriles is 1. The second-order valence-corrected chi connectivity index (χ2v) is 4.92. The average molecular weight is 260 g/mol. The standard InChI is InChI=1S/C13H16N4O2/c1-3-9-10-12(17-16-9)19-11(15)8(6-14)13(10)4-5-18-7(13)2/h7H,3-5,15H2,1-2H3,(H,16,17)/t7-,13-/m0/s1. The Bertz CT molecular complexity index is 598. The van der Waals surface area contributed by atoms with Gasteiger partial charge in [0.1, 0.15) is 11.6 Å². The van der Waals surface area contributed by atoms with E-state index >= 15 is 0 Å². The average Bonchev–Trinajstić information content (AvgIpc) is 2.95. The van der Waals surface area contributed by atoms with Crippen molar-refractivity contribution in [3.05, 3.63) is 22.7 Å². The van der Waals surface area contributed by atoms with Crippen LogP contribution >= 0.6 is 0 Å². The second-order valence-electron chi connectivity index (χ2n) is 4.92. The first-order valence-electron chi connectivity index (χ1n) is 6.42. The summed E-state index contributed by atoms with van der Waals surface area (Å²) in [7, 11) is 0. The number of fused-ring (bicyclic) bond motifs is 2. The summed E-state index contributed by atoms with van der Waals surface area (Å²) in [5.74, 6) is 0.618. The maximum atomic E-state index is 9.48. The zero-order valence-corrected chi connectivity index (χ0v) is 11.0. The van der Waals surface area contributed by atoms with Crippen LogP contribution < -0.4 is 10.5 Å². The molecule has 3 rings (SSSR count). The van der Waals surface area contributed by atoms with Crippen LogP contribution in [0.4, 0.5) is 0 Å². The highest BCUT2D eigenvalue weighted by Gasteiger charge is 2.54. The summed E-state index contributed by atoms with van der Waals surface area (Å²) in [4.78, 5) is 0. The molecule has 2 atom stereocenters. The Morgan fingerprint density at radius 2 is 2.42 bits per heavy atom. The van der Waals surface area contributed by atoms with Gasteiger partial charge in [-0.2, -0.15) is 5.26 Å². The number of aryl methyl sites for hydroxylation is 1. The third-order valence-corrected chi connectivity index (χ3v) is 4.18. The molecule has 1 aromatic rings. The minimum absolute atomic E-state index is 0.119. The van der Waals surface area contributed by atoms with Crippen LogP contribution in [-0.4, -0.2) is 22.9 Å². The molecule has 2 aliphatic rings. The van der Waals surface area contributed by atoms with Gasteiger partial charge in [0, 0.05) is 12.3 Å². The van der Waals surface area contributed by atoms with Crippen molar-refractivity contribution >= 4 is 0 Å². The number of nitrogens with one attached hydrogen (secondary N) is 1. The van der Waals surface area contributed by atoms with Crippen LogP contribution in [0, 0.1) is 11.3 Å². The summed E-state index contributed by atoms with van der Waals surface area (Å²) in [6, 6.07) is 2.21. The lowest BCUT2D eigenvalue weighted by atomic mass is 9.68. The molecule has 6 nitrogen and oxygen atoms in total. The highest BCUT2D eigenvalue weighted by molar-refractivity contribution is 5.55. The molecule has 1 aromatic heterocycles. The molecule has 0 amide bonds. The molecule has 3 heterocycles. The smallest absolute Gasteiger partial charge is 0.244 e. The van der Waals surface area contributed by atoms with Crippen molar-refractivity contribution in [2.24, 2.45) is 5.73 Å². The first-order chi connectivity index (χ1) is 9.15. The van der Waals surface area contributed by atoms with E-state index in [0.29, 0.717) is 18.1 Å². The number of ether oxygens (including phenoxy) is 2. The molecule has 2 aliphatic heterocycles. The Hall–Kier alpha value is -2.00. The van der Waals surface area contributed by atoms with Gasteiger partial charge in [-0.05, 0) is 19.8 Å². The predicted octanol–water partition coefficient (Wildman–Crippen LogP) is 1.10. The van der Waals surface area contributed by atoms with Crippen molar-refractivity contribution in [2.75, 3.05) is 6.61 Å². The van der Waals surface area contributed by atoms with Crippen molar-refractivity contribution < 1.29 is 9.47 Å². The van der Waals surface area contributed by atoms with Gasteiger partial charge >= 0.3 is 0 Å². The van der Waals surface area contributed by atoms with Crippen molar-refractivity contribution in [3.63, 3.8) is 0 Å². The van der Waals surface area contributed by atoms with Gasteiger partial charge in [0.05, 0.1) is 17.1 Å². The highest BCUT2D eigenvalue weighted by atomic mass is 16.5. The number of aromatic amines is 1. The first-order valence-corrected chi connectivity index (χ1v) is 6.42. The lowest BCUT2D eigenvalue weighted by Crippen LogP contribution is -2.41. The van der Waals surface area contributed by atoms with Gasteiger partial charge in [-0.25, -0.2) is 0 Å². The molecule has 6 heteroatoms. The van der Waals surface area contributed by atoms with E-state index in [0.717, 1.165) is 24.1 Å². The molecule has 0 bridgehead atoms. The summed E-state index contributed by atoms with van der Waals surface area (Å²) in [6.45, 7) is 4.61. The number of nitrogens with two attached hydrogens (primary N) is 1. The van der Waals surface area contributed by atoms with E-state index in [2.05, 4.69) is 16.3 Å². The van der Waals surface area contributed by atoms with Crippen LogP contribution in [-0.2, 0) is 16.6 Å². The third-order valence-electron chi connectivity index (χ3n) is 4.18. The van der Waals surface area contributed by atoms with E-state index < -0.39 is 5.41 Å². The summed E-state index contributed by atoms with van der Waals surface area (Å²) in [6.07, 6.45) is 1.39. The van der Waals surface area contributed by atoms with Gasteiger partial charge in [0.25, 0.3) is 0 Å². The highest BCUT2D eigenvalue weighted by Crippen LogP contribution is 2.51. The predicted molar refractivity (Wildman–Crippen MR) is 67.1 cm³/mol. The number of H-pyrrole nitrogens is 1. The van der Waals surface area contributed by atoms with Crippen LogP contribution in [0.2, 0.25) is 0 Å². The molecule has 0 unspecified atom stereocenters. The monoisotopic (exact) mass is 260 g/mol. The number of hydrogen-bond acceptors (Lipinski definition) is 5. The molecule has 0 radical (unpaired) electrons. The SMILES string of the molecule is CCc1[nH]nc2c1[C@]1(CCO[C@H]1C)C(C#N)=C(N)O2. The number of nitrogens with zero attached hydrogens (tertiary/aromatic N) is 2. The van der Waals surface area contributed by atoms with E-state index in [1.165, 1.54) is 0 Å². The minimum Gasteiger partial charge on any atom is -0.420 e.